The number of aromatic amines is 1. The Hall–Kier alpha value is -3.13. The SMILES string of the molecule is Cc1[nH]nc(-c2ccc(-c3ccc(-c4ccccc4)cc3)cc2)c1C. The molecular weight excluding hydrogens is 304 g/mol. The summed E-state index contributed by atoms with van der Waals surface area (Å²) in [5, 5.41) is 7.46. The van der Waals surface area contributed by atoms with E-state index < -0.39 is 0 Å². The zero-order valence-electron chi connectivity index (χ0n) is 14.5. The van der Waals surface area contributed by atoms with E-state index in [1.165, 1.54) is 27.8 Å². The summed E-state index contributed by atoms with van der Waals surface area (Å²) in [6.07, 6.45) is 0. The van der Waals surface area contributed by atoms with Crippen molar-refractivity contribution < 1.29 is 0 Å². The molecule has 1 N–H and O–H groups in total. The van der Waals surface area contributed by atoms with Crippen LogP contribution in [0.2, 0.25) is 0 Å². The second-order valence-electron chi connectivity index (χ2n) is 6.34. The molecule has 0 saturated carbocycles. The summed E-state index contributed by atoms with van der Waals surface area (Å²) in [5.74, 6) is 0. The van der Waals surface area contributed by atoms with Crippen LogP contribution in [0.25, 0.3) is 33.5 Å². The second-order valence-corrected chi connectivity index (χ2v) is 6.34. The van der Waals surface area contributed by atoms with Gasteiger partial charge in [-0.3, -0.25) is 5.10 Å². The third-order valence-electron chi connectivity index (χ3n) is 4.74. The van der Waals surface area contributed by atoms with Crippen molar-refractivity contribution in [1.29, 1.82) is 0 Å². The monoisotopic (exact) mass is 324 g/mol. The summed E-state index contributed by atoms with van der Waals surface area (Å²) in [5.41, 5.74) is 9.43. The molecule has 1 aromatic heterocycles. The number of H-pyrrole nitrogens is 1. The first-order chi connectivity index (χ1) is 12.2. The van der Waals surface area contributed by atoms with Crippen molar-refractivity contribution in [2.24, 2.45) is 0 Å². The summed E-state index contributed by atoms with van der Waals surface area (Å²) in [6.45, 7) is 4.15. The van der Waals surface area contributed by atoms with Gasteiger partial charge in [-0.05, 0) is 41.7 Å². The van der Waals surface area contributed by atoms with Crippen molar-refractivity contribution in [1.82, 2.24) is 10.2 Å². The quantitative estimate of drug-likeness (QED) is 0.490. The van der Waals surface area contributed by atoms with Gasteiger partial charge in [-0.15, -0.1) is 0 Å². The first-order valence-electron chi connectivity index (χ1n) is 8.50. The van der Waals surface area contributed by atoms with Gasteiger partial charge in [0.1, 0.15) is 0 Å². The number of benzene rings is 3. The molecule has 0 aliphatic carbocycles. The number of nitrogens with zero attached hydrogens (tertiary/aromatic N) is 1. The molecule has 4 rings (SSSR count). The Bertz CT molecular complexity index is 979. The molecule has 0 aliphatic rings. The van der Waals surface area contributed by atoms with Crippen molar-refractivity contribution in [2.75, 3.05) is 0 Å². The van der Waals surface area contributed by atoms with Crippen LogP contribution in [0, 0.1) is 13.8 Å². The van der Waals surface area contributed by atoms with Gasteiger partial charge in [-0.1, -0.05) is 78.9 Å². The van der Waals surface area contributed by atoms with E-state index in [9.17, 15) is 0 Å². The Balaban J connectivity index is 1.61. The summed E-state index contributed by atoms with van der Waals surface area (Å²) >= 11 is 0. The maximum Gasteiger partial charge on any atom is 0.0952 e. The van der Waals surface area contributed by atoms with Crippen LogP contribution >= 0.6 is 0 Å². The third kappa shape index (κ3) is 2.99. The van der Waals surface area contributed by atoms with Crippen LogP contribution in [0.15, 0.2) is 78.9 Å². The molecule has 122 valence electrons. The lowest BCUT2D eigenvalue weighted by atomic mass is 9.98. The van der Waals surface area contributed by atoms with E-state index in [1.54, 1.807) is 0 Å². The topological polar surface area (TPSA) is 28.7 Å². The Morgan fingerprint density at radius 2 is 1.00 bits per heavy atom. The minimum Gasteiger partial charge on any atom is -0.282 e. The molecule has 4 aromatic rings. The lowest BCUT2D eigenvalue weighted by molar-refractivity contribution is 1.05. The van der Waals surface area contributed by atoms with Crippen LogP contribution in [-0.4, -0.2) is 10.2 Å². The summed E-state index contributed by atoms with van der Waals surface area (Å²) < 4.78 is 0. The van der Waals surface area contributed by atoms with Gasteiger partial charge in [0.2, 0.25) is 0 Å². The molecule has 1 heterocycles. The third-order valence-corrected chi connectivity index (χ3v) is 4.74. The number of aromatic nitrogens is 2. The molecular formula is C23H20N2. The van der Waals surface area contributed by atoms with Gasteiger partial charge in [0, 0.05) is 11.3 Å². The van der Waals surface area contributed by atoms with Gasteiger partial charge in [-0.2, -0.15) is 5.10 Å². The van der Waals surface area contributed by atoms with Crippen LogP contribution in [0.5, 0.6) is 0 Å². The molecule has 0 saturated heterocycles. The van der Waals surface area contributed by atoms with Crippen molar-refractivity contribution in [3.8, 4) is 33.5 Å². The molecule has 0 amide bonds. The van der Waals surface area contributed by atoms with Crippen molar-refractivity contribution in [2.45, 2.75) is 13.8 Å². The van der Waals surface area contributed by atoms with Gasteiger partial charge in [0.05, 0.1) is 5.69 Å². The Morgan fingerprint density at radius 3 is 1.44 bits per heavy atom. The summed E-state index contributed by atoms with van der Waals surface area (Å²) in [4.78, 5) is 0. The Morgan fingerprint density at radius 1 is 0.560 bits per heavy atom. The predicted molar refractivity (Wildman–Crippen MR) is 104 cm³/mol. The fourth-order valence-electron chi connectivity index (χ4n) is 3.07. The average Bonchev–Trinajstić information content (AvgIpc) is 3.02. The van der Waals surface area contributed by atoms with Crippen LogP contribution < -0.4 is 0 Å². The zero-order valence-corrected chi connectivity index (χ0v) is 14.5. The maximum absolute atomic E-state index is 4.41. The molecule has 0 atom stereocenters. The van der Waals surface area contributed by atoms with Gasteiger partial charge in [0.15, 0.2) is 0 Å². The van der Waals surface area contributed by atoms with Crippen LogP contribution in [0.4, 0.5) is 0 Å². The zero-order chi connectivity index (χ0) is 17.2. The lowest BCUT2D eigenvalue weighted by Crippen LogP contribution is -1.83. The van der Waals surface area contributed by atoms with E-state index >= 15 is 0 Å². The maximum atomic E-state index is 4.41. The van der Waals surface area contributed by atoms with E-state index in [1.807, 2.05) is 6.07 Å². The minimum absolute atomic E-state index is 1.03. The molecule has 0 spiro atoms. The predicted octanol–water partition coefficient (Wildman–Crippen LogP) is 6.03. The standard InChI is InChI=1S/C23H20N2/c1-16-17(2)24-25-23(16)22-14-12-21(13-15-22)20-10-8-19(9-11-20)18-6-4-3-5-7-18/h3-15H,1-2H3,(H,24,25). The largest absolute Gasteiger partial charge is 0.282 e. The summed E-state index contributed by atoms with van der Waals surface area (Å²) in [7, 11) is 0. The molecule has 3 aromatic carbocycles. The number of aryl methyl sites for hydroxylation is 1. The number of hydrogen-bond donors (Lipinski definition) is 1. The number of hydrogen-bond acceptors (Lipinski definition) is 1. The second kappa shape index (κ2) is 6.40. The molecule has 0 unspecified atom stereocenters. The molecule has 2 nitrogen and oxygen atoms in total. The number of nitrogens with one attached hydrogen (secondary N) is 1. The van der Waals surface area contributed by atoms with E-state index in [0.29, 0.717) is 0 Å². The fraction of sp³-hybridized carbons (Fsp3) is 0.0870. The molecule has 2 heteroatoms. The highest BCUT2D eigenvalue weighted by Crippen LogP contribution is 2.28. The first-order valence-corrected chi connectivity index (χ1v) is 8.50. The van der Waals surface area contributed by atoms with Gasteiger partial charge < -0.3 is 0 Å². The van der Waals surface area contributed by atoms with Crippen LogP contribution in [-0.2, 0) is 0 Å². The van der Waals surface area contributed by atoms with Gasteiger partial charge >= 0.3 is 0 Å². The first kappa shape index (κ1) is 15.4. The molecule has 0 fully saturated rings. The average molecular weight is 324 g/mol. The van der Waals surface area contributed by atoms with E-state index in [0.717, 1.165) is 17.0 Å². The van der Waals surface area contributed by atoms with Gasteiger partial charge in [-0.25, -0.2) is 0 Å². The molecule has 0 aliphatic heterocycles. The molecule has 0 radical (unpaired) electrons. The van der Waals surface area contributed by atoms with Crippen molar-refractivity contribution in [3.63, 3.8) is 0 Å². The Kier molecular flexibility index (Phi) is 3.95. The minimum atomic E-state index is 1.03. The highest BCUT2D eigenvalue weighted by atomic mass is 15.1. The van der Waals surface area contributed by atoms with Crippen LogP contribution in [0.3, 0.4) is 0 Å². The van der Waals surface area contributed by atoms with Crippen LogP contribution in [0.1, 0.15) is 11.3 Å². The highest BCUT2D eigenvalue weighted by molar-refractivity contribution is 5.73. The molecule has 25 heavy (non-hydrogen) atoms. The van der Waals surface area contributed by atoms with Crippen molar-refractivity contribution >= 4 is 0 Å². The van der Waals surface area contributed by atoms with Crippen molar-refractivity contribution in [3.05, 3.63) is 90.1 Å². The van der Waals surface area contributed by atoms with E-state index in [4.69, 9.17) is 0 Å². The molecule has 0 bridgehead atoms. The smallest absolute Gasteiger partial charge is 0.0952 e. The summed E-state index contributed by atoms with van der Waals surface area (Å²) in [6, 6.07) is 27.8. The highest BCUT2D eigenvalue weighted by Gasteiger charge is 2.08. The normalized spacial score (nSPS) is 10.8. The van der Waals surface area contributed by atoms with E-state index in [-0.39, 0.29) is 0 Å². The van der Waals surface area contributed by atoms with Gasteiger partial charge in [0.25, 0.3) is 0 Å². The number of rotatable bonds is 3. The fourth-order valence-corrected chi connectivity index (χ4v) is 3.07. The van der Waals surface area contributed by atoms with E-state index in [2.05, 4.69) is 96.8 Å². The Labute approximate surface area is 148 Å². The lowest BCUT2D eigenvalue weighted by Gasteiger charge is -2.06.